The number of aromatic amines is 1. The average molecular weight is 270 g/mol. The summed E-state index contributed by atoms with van der Waals surface area (Å²) >= 11 is 0. The summed E-state index contributed by atoms with van der Waals surface area (Å²) in [5.74, 6) is 1.64. The Bertz CT molecular complexity index is 606. The molecular weight excluding hydrogens is 256 g/mol. The van der Waals surface area contributed by atoms with Gasteiger partial charge in [0.05, 0.1) is 0 Å². The molecule has 2 aromatic rings. The van der Waals surface area contributed by atoms with Crippen LogP contribution in [0.15, 0.2) is 24.8 Å². The van der Waals surface area contributed by atoms with Gasteiger partial charge in [0.2, 0.25) is 0 Å². The van der Waals surface area contributed by atoms with Crippen molar-refractivity contribution in [3.63, 3.8) is 0 Å². The molecule has 0 unspecified atom stereocenters. The smallest absolute Gasteiger partial charge is 0.182 e. The normalized spacial score (nSPS) is 21.6. The highest BCUT2D eigenvalue weighted by atomic mass is 16.5. The first-order valence-corrected chi connectivity index (χ1v) is 6.44. The molecule has 102 valence electrons. The van der Waals surface area contributed by atoms with E-state index in [-0.39, 0.29) is 12.0 Å². The van der Waals surface area contributed by atoms with Gasteiger partial charge in [0, 0.05) is 43.9 Å². The molecule has 20 heavy (non-hydrogen) atoms. The predicted molar refractivity (Wildman–Crippen MR) is 70.6 cm³/mol. The van der Waals surface area contributed by atoms with E-state index < -0.39 is 0 Å². The second-order valence-electron chi connectivity index (χ2n) is 4.56. The lowest BCUT2D eigenvalue weighted by atomic mass is 10.0. The number of anilines is 1. The lowest BCUT2D eigenvalue weighted by Crippen LogP contribution is -2.19. The molecule has 0 saturated carbocycles. The third kappa shape index (κ3) is 2.46. The van der Waals surface area contributed by atoms with Gasteiger partial charge in [-0.15, -0.1) is 0 Å². The molecule has 0 aliphatic carbocycles. The molecule has 3 rings (SSSR count). The van der Waals surface area contributed by atoms with E-state index in [4.69, 9.17) is 10.00 Å². The van der Waals surface area contributed by atoms with E-state index in [1.54, 1.807) is 18.6 Å². The summed E-state index contributed by atoms with van der Waals surface area (Å²) < 4.78 is 5.72. The number of rotatable bonds is 4. The fourth-order valence-electron chi connectivity index (χ4n) is 2.36. The Hall–Kier alpha value is -2.46. The standard InChI is InChI=1S/C13H14N6O/c14-7-10-12(16-3-2-15-10)19-8-9-1-6-20-11(9)13-17-4-5-18-13/h2-5,9,11H,1,6,8H2,(H,16,19)(H,17,18)/t9-,11+/m0/s1. The molecule has 0 amide bonds. The number of hydrogen-bond donors (Lipinski definition) is 2. The van der Waals surface area contributed by atoms with Crippen LogP contribution in [0.5, 0.6) is 0 Å². The minimum absolute atomic E-state index is 0.0419. The van der Waals surface area contributed by atoms with Crippen molar-refractivity contribution in [1.82, 2.24) is 19.9 Å². The minimum atomic E-state index is -0.0419. The highest BCUT2D eigenvalue weighted by molar-refractivity contribution is 5.46. The van der Waals surface area contributed by atoms with Gasteiger partial charge in [-0.2, -0.15) is 5.26 Å². The number of H-pyrrole nitrogens is 1. The number of nitriles is 1. The largest absolute Gasteiger partial charge is 0.370 e. The topological polar surface area (TPSA) is 99.5 Å². The maximum atomic E-state index is 8.98. The van der Waals surface area contributed by atoms with Gasteiger partial charge in [-0.25, -0.2) is 15.0 Å². The van der Waals surface area contributed by atoms with Crippen LogP contribution >= 0.6 is 0 Å². The lowest BCUT2D eigenvalue weighted by molar-refractivity contribution is 0.0868. The summed E-state index contributed by atoms with van der Waals surface area (Å²) in [5, 5.41) is 12.2. The van der Waals surface area contributed by atoms with Crippen molar-refractivity contribution in [2.75, 3.05) is 18.5 Å². The molecule has 0 bridgehead atoms. The number of ether oxygens (including phenoxy) is 1. The Labute approximate surface area is 116 Å². The quantitative estimate of drug-likeness (QED) is 0.867. The second kappa shape index (κ2) is 5.67. The molecule has 2 aromatic heterocycles. The van der Waals surface area contributed by atoms with E-state index in [1.807, 2.05) is 6.07 Å². The Morgan fingerprint density at radius 1 is 1.35 bits per heavy atom. The minimum Gasteiger partial charge on any atom is -0.370 e. The molecule has 1 aliphatic heterocycles. The van der Waals surface area contributed by atoms with Gasteiger partial charge in [-0.05, 0) is 6.42 Å². The van der Waals surface area contributed by atoms with Crippen LogP contribution in [0.4, 0.5) is 5.82 Å². The second-order valence-corrected chi connectivity index (χ2v) is 4.56. The highest BCUT2D eigenvalue weighted by Crippen LogP contribution is 2.32. The summed E-state index contributed by atoms with van der Waals surface area (Å²) in [7, 11) is 0. The van der Waals surface area contributed by atoms with Crippen LogP contribution in [-0.2, 0) is 4.74 Å². The Morgan fingerprint density at radius 3 is 3.05 bits per heavy atom. The Kier molecular flexibility index (Phi) is 3.56. The van der Waals surface area contributed by atoms with E-state index in [2.05, 4.69) is 25.3 Å². The molecule has 7 nitrogen and oxygen atoms in total. The molecule has 0 aromatic carbocycles. The van der Waals surface area contributed by atoms with E-state index in [0.29, 0.717) is 24.7 Å². The van der Waals surface area contributed by atoms with Crippen molar-refractivity contribution in [3.05, 3.63) is 36.3 Å². The van der Waals surface area contributed by atoms with Gasteiger partial charge >= 0.3 is 0 Å². The molecule has 1 saturated heterocycles. The molecule has 2 atom stereocenters. The van der Waals surface area contributed by atoms with E-state index in [0.717, 1.165) is 12.2 Å². The number of imidazole rings is 1. The van der Waals surface area contributed by atoms with Crippen LogP contribution in [0, 0.1) is 17.2 Å². The molecule has 3 heterocycles. The SMILES string of the molecule is N#Cc1nccnc1NC[C@@H]1CCO[C@H]1c1ncc[nH]1. The first kappa shape index (κ1) is 12.6. The molecule has 7 heteroatoms. The Balaban J connectivity index is 1.67. The predicted octanol–water partition coefficient (Wildman–Crippen LogP) is 1.26. The zero-order valence-corrected chi connectivity index (χ0v) is 10.8. The third-order valence-electron chi connectivity index (χ3n) is 3.34. The third-order valence-corrected chi connectivity index (χ3v) is 3.34. The van der Waals surface area contributed by atoms with Crippen LogP contribution in [0.1, 0.15) is 24.0 Å². The molecule has 0 spiro atoms. The van der Waals surface area contributed by atoms with Crippen molar-refractivity contribution in [3.8, 4) is 6.07 Å². The van der Waals surface area contributed by atoms with Crippen molar-refractivity contribution in [2.45, 2.75) is 12.5 Å². The highest BCUT2D eigenvalue weighted by Gasteiger charge is 2.31. The first-order chi connectivity index (χ1) is 9.88. The zero-order chi connectivity index (χ0) is 13.8. The van der Waals surface area contributed by atoms with Crippen molar-refractivity contribution < 1.29 is 4.74 Å². The molecule has 1 fully saturated rings. The van der Waals surface area contributed by atoms with Crippen LogP contribution < -0.4 is 5.32 Å². The molecule has 1 aliphatic rings. The maximum absolute atomic E-state index is 8.98. The van der Waals surface area contributed by atoms with E-state index in [9.17, 15) is 0 Å². The van der Waals surface area contributed by atoms with Crippen LogP contribution in [0.25, 0.3) is 0 Å². The molecule has 0 radical (unpaired) electrons. The lowest BCUT2D eigenvalue weighted by Gasteiger charge is -2.17. The van der Waals surface area contributed by atoms with Crippen LogP contribution in [0.2, 0.25) is 0 Å². The van der Waals surface area contributed by atoms with Gasteiger partial charge in [0.15, 0.2) is 11.5 Å². The van der Waals surface area contributed by atoms with Gasteiger partial charge in [-0.1, -0.05) is 0 Å². The fraction of sp³-hybridized carbons (Fsp3) is 0.385. The van der Waals surface area contributed by atoms with Gasteiger partial charge in [0.25, 0.3) is 0 Å². The number of hydrogen-bond acceptors (Lipinski definition) is 6. The van der Waals surface area contributed by atoms with Crippen molar-refractivity contribution in [2.24, 2.45) is 5.92 Å². The summed E-state index contributed by atoms with van der Waals surface area (Å²) in [6, 6.07) is 2.02. The number of aromatic nitrogens is 4. The van der Waals surface area contributed by atoms with Gasteiger partial charge in [-0.3, -0.25) is 0 Å². The number of nitrogens with one attached hydrogen (secondary N) is 2. The maximum Gasteiger partial charge on any atom is 0.182 e. The summed E-state index contributed by atoms with van der Waals surface area (Å²) in [6.07, 6.45) is 7.49. The monoisotopic (exact) mass is 270 g/mol. The number of nitrogens with zero attached hydrogens (tertiary/aromatic N) is 4. The van der Waals surface area contributed by atoms with Crippen LogP contribution in [-0.4, -0.2) is 33.1 Å². The Morgan fingerprint density at radius 2 is 2.25 bits per heavy atom. The van der Waals surface area contributed by atoms with Crippen molar-refractivity contribution >= 4 is 5.82 Å². The summed E-state index contributed by atoms with van der Waals surface area (Å²) in [4.78, 5) is 15.4. The fourth-order valence-corrected chi connectivity index (χ4v) is 2.36. The molecule has 2 N–H and O–H groups in total. The van der Waals surface area contributed by atoms with E-state index >= 15 is 0 Å². The summed E-state index contributed by atoms with van der Waals surface area (Å²) in [6.45, 7) is 1.38. The van der Waals surface area contributed by atoms with E-state index in [1.165, 1.54) is 6.20 Å². The van der Waals surface area contributed by atoms with Gasteiger partial charge < -0.3 is 15.0 Å². The average Bonchev–Trinajstić information content (AvgIpc) is 3.15. The first-order valence-electron chi connectivity index (χ1n) is 6.44. The molecular formula is C13H14N6O. The van der Waals surface area contributed by atoms with Crippen molar-refractivity contribution in [1.29, 1.82) is 5.26 Å². The zero-order valence-electron chi connectivity index (χ0n) is 10.8. The van der Waals surface area contributed by atoms with Crippen LogP contribution in [0.3, 0.4) is 0 Å². The van der Waals surface area contributed by atoms with Gasteiger partial charge in [0.1, 0.15) is 18.0 Å². The summed E-state index contributed by atoms with van der Waals surface area (Å²) in [5.41, 5.74) is 0.306.